The van der Waals surface area contributed by atoms with Crippen molar-refractivity contribution in [2.75, 3.05) is 13.7 Å². The van der Waals surface area contributed by atoms with Gasteiger partial charge in [0.2, 0.25) is 0 Å². The Labute approximate surface area is 172 Å². The zero-order valence-corrected chi connectivity index (χ0v) is 17.6. The summed E-state index contributed by atoms with van der Waals surface area (Å²) in [6.07, 6.45) is 6.97. The first-order chi connectivity index (χ1) is 14.2. The van der Waals surface area contributed by atoms with Gasteiger partial charge in [-0.05, 0) is 57.5 Å². The van der Waals surface area contributed by atoms with Crippen molar-refractivity contribution in [2.24, 2.45) is 0 Å². The molecule has 29 heavy (non-hydrogen) atoms. The predicted molar refractivity (Wildman–Crippen MR) is 113 cm³/mol. The number of hydrogen-bond donors (Lipinski definition) is 0. The Morgan fingerprint density at radius 3 is 2.72 bits per heavy atom. The van der Waals surface area contributed by atoms with Crippen LogP contribution in [-0.4, -0.2) is 33.5 Å². The van der Waals surface area contributed by atoms with Crippen molar-refractivity contribution >= 4 is 0 Å². The summed E-state index contributed by atoms with van der Waals surface area (Å²) in [6.45, 7) is 7.09. The van der Waals surface area contributed by atoms with Crippen LogP contribution in [0, 0.1) is 6.92 Å². The van der Waals surface area contributed by atoms with Gasteiger partial charge in [0, 0.05) is 36.5 Å². The molecular weight excluding hydrogens is 364 g/mol. The molecule has 1 atom stereocenters. The fourth-order valence-corrected chi connectivity index (χ4v) is 4.12. The molecule has 154 valence electrons. The number of aryl methyl sites for hydroxylation is 2. The molecule has 3 heterocycles. The molecule has 1 aromatic carbocycles. The van der Waals surface area contributed by atoms with Crippen LogP contribution >= 0.6 is 0 Å². The highest BCUT2D eigenvalue weighted by Crippen LogP contribution is 2.34. The average molecular weight is 395 g/mol. The largest absolute Gasteiger partial charge is 0.497 e. The van der Waals surface area contributed by atoms with E-state index < -0.39 is 0 Å². The first kappa shape index (κ1) is 19.7. The molecule has 0 radical (unpaired) electrons. The van der Waals surface area contributed by atoms with Gasteiger partial charge in [-0.25, -0.2) is 0 Å². The predicted octanol–water partition coefficient (Wildman–Crippen LogP) is 4.99. The third kappa shape index (κ3) is 4.37. The van der Waals surface area contributed by atoms with E-state index in [0.29, 0.717) is 0 Å². The summed E-state index contributed by atoms with van der Waals surface area (Å²) in [4.78, 5) is 2.54. The third-order valence-electron chi connectivity index (χ3n) is 5.85. The first-order valence-corrected chi connectivity index (χ1v) is 10.6. The van der Waals surface area contributed by atoms with Crippen molar-refractivity contribution in [1.82, 2.24) is 19.8 Å². The van der Waals surface area contributed by atoms with Gasteiger partial charge in [0.05, 0.1) is 18.8 Å². The van der Waals surface area contributed by atoms with Crippen molar-refractivity contribution < 1.29 is 9.26 Å². The van der Waals surface area contributed by atoms with Crippen LogP contribution in [0.5, 0.6) is 5.75 Å². The molecule has 0 saturated carbocycles. The van der Waals surface area contributed by atoms with Crippen molar-refractivity contribution in [3.05, 3.63) is 53.5 Å². The zero-order valence-electron chi connectivity index (χ0n) is 17.6. The van der Waals surface area contributed by atoms with Crippen LogP contribution < -0.4 is 4.74 Å². The topological polar surface area (TPSA) is 56.3 Å². The highest BCUT2D eigenvalue weighted by atomic mass is 16.5. The number of nitrogens with zero attached hydrogens (tertiary/aromatic N) is 4. The maximum Gasteiger partial charge on any atom is 0.154 e. The standard InChI is InChI=1S/C23H30N4O2/c1-4-27-16-19(17(2)24-27)15-26-13-7-5-6-8-22(26)23-14-21(25-29-23)18-9-11-20(28-3)12-10-18/h9-12,14,16,22H,4-8,13,15H2,1-3H3/t22-/m1/s1. The lowest BCUT2D eigenvalue weighted by Gasteiger charge is -2.27. The maximum absolute atomic E-state index is 5.85. The lowest BCUT2D eigenvalue weighted by molar-refractivity contribution is 0.160. The molecule has 1 aliphatic rings. The van der Waals surface area contributed by atoms with Crippen LogP contribution in [0.2, 0.25) is 0 Å². The van der Waals surface area contributed by atoms with Gasteiger partial charge in [0.1, 0.15) is 11.4 Å². The Balaban J connectivity index is 1.57. The van der Waals surface area contributed by atoms with E-state index in [4.69, 9.17) is 9.26 Å². The summed E-state index contributed by atoms with van der Waals surface area (Å²) in [6, 6.07) is 10.3. The summed E-state index contributed by atoms with van der Waals surface area (Å²) in [7, 11) is 1.68. The Kier molecular flexibility index (Phi) is 6.00. The number of likely N-dealkylation sites (tertiary alicyclic amines) is 1. The Bertz CT molecular complexity index is 929. The number of ether oxygens (including phenoxy) is 1. The normalized spacial score (nSPS) is 18.0. The molecule has 0 spiro atoms. The number of hydrogen-bond acceptors (Lipinski definition) is 5. The number of aromatic nitrogens is 3. The van der Waals surface area contributed by atoms with Crippen molar-refractivity contribution in [3.8, 4) is 17.0 Å². The van der Waals surface area contributed by atoms with Crippen LogP contribution in [-0.2, 0) is 13.1 Å². The molecule has 6 heteroatoms. The summed E-state index contributed by atoms with van der Waals surface area (Å²) in [5, 5.41) is 8.98. The van der Waals surface area contributed by atoms with Crippen LogP contribution in [0.3, 0.4) is 0 Å². The SMILES string of the molecule is CCn1cc(CN2CCCCC[C@@H]2c2cc(-c3ccc(OC)cc3)no2)c(C)n1. The zero-order chi connectivity index (χ0) is 20.2. The lowest BCUT2D eigenvalue weighted by atomic mass is 10.0. The number of rotatable bonds is 6. The minimum Gasteiger partial charge on any atom is -0.497 e. The Morgan fingerprint density at radius 2 is 2.00 bits per heavy atom. The maximum atomic E-state index is 5.85. The van der Waals surface area contributed by atoms with Gasteiger partial charge in [-0.2, -0.15) is 5.10 Å². The smallest absolute Gasteiger partial charge is 0.154 e. The van der Waals surface area contributed by atoms with Crippen molar-refractivity contribution in [3.63, 3.8) is 0 Å². The molecule has 4 rings (SSSR count). The molecule has 3 aromatic rings. The van der Waals surface area contributed by atoms with E-state index in [9.17, 15) is 0 Å². The Hall–Kier alpha value is -2.60. The van der Waals surface area contributed by atoms with Gasteiger partial charge >= 0.3 is 0 Å². The van der Waals surface area contributed by atoms with Crippen molar-refractivity contribution in [2.45, 2.75) is 58.7 Å². The lowest BCUT2D eigenvalue weighted by Crippen LogP contribution is -2.28. The molecule has 0 amide bonds. The number of benzene rings is 1. The van der Waals surface area contributed by atoms with Crippen LogP contribution in [0.4, 0.5) is 0 Å². The highest BCUT2D eigenvalue weighted by Gasteiger charge is 2.27. The molecule has 0 N–H and O–H groups in total. The van der Waals surface area contributed by atoms with Crippen LogP contribution in [0.15, 0.2) is 41.1 Å². The van der Waals surface area contributed by atoms with Crippen LogP contribution in [0.1, 0.15) is 55.7 Å². The first-order valence-electron chi connectivity index (χ1n) is 10.6. The third-order valence-corrected chi connectivity index (χ3v) is 5.85. The Morgan fingerprint density at radius 1 is 1.17 bits per heavy atom. The quantitative estimate of drug-likeness (QED) is 0.589. The minimum absolute atomic E-state index is 0.251. The van der Waals surface area contributed by atoms with E-state index in [-0.39, 0.29) is 6.04 Å². The van der Waals surface area contributed by atoms with E-state index in [1.165, 1.54) is 24.8 Å². The van der Waals surface area contributed by atoms with Gasteiger partial charge in [0.25, 0.3) is 0 Å². The van der Waals surface area contributed by atoms with E-state index in [0.717, 1.165) is 54.5 Å². The molecule has 0 aliphatic carbocycles. The van der Waals surface area contributed by atoms with E-state index in [1.807, 2.05) is 28.9 Å². The van der Waals surface area contributed by atoms with Gasteiger partial charge in [-0.15, -0.1) is 0 Å². The molecular formula is C23H30N4O2. The molecule has 2 aromatic heterocycles. The monoisotopic (exact) mass is 394 g/mol. The summed E-state index contributed by atoms with van der Waals surface area (Å²) >= 11 is 0. The minimum atomic E-state index is 0.251. The summed E-state index contributed by atoms with van der Waals surface area (Å²) in [5.41, 5.74) is 4.34. The van der Waals surface area contributed by atoms with Gasteiger partial charge in [-0.3, -0.25) is 9.58 Å². The average Bonchev–Trinajstić information content (AvgIpc) is 3.30. The van der Waals surface area contributed by atoms with E-state index >= 15 is 0 Å². The van der Waals surface area contributed by atoms with E-state index in [2.05, 4.69) is 41.3 Å². The van der Waals surface area contributed by atoms with Gasteiger partial charge in [-0.1, -0.05) is 18.0 Å². The van der Waals surface area contributed by atoms with Gasteiger partial charge in [0.15, 0.2) is 5.76 Å². The summed E-state index contributed by atoms with van der Waals surface area (Å²) in [5.74, 6) is 1.80. The molecule has 1 fully saturated rings. The second-order valence-electron chi connectivity index (χ2n) is 7.77. The number of methoxy groups -OCH3 is 1. The van der Waals surface area contributed by atoms with E-state index in [1.54, 1.807) is 7.11 Å². The molecule has 1 aliphatic heterocycles. The second kappa shape index (κ2) is 8.82. The highest BCUT2D eigenvalue weighted by molar-refractivity contribution is 5.60. The summed E-state index contributed by atoms with van der Waals surface area (Å²) < 4.78 is 13.1. The second-order valence-corrected chi connectivity index (χ2v) is 7.77. The molecule has 0 bridgehead atoms. The van der Waals surface area contributed by atoms with Crippen LogP contribution in [0.25, 0.3) is 11.3 Å². The fraction of sp³-hybridized carbons (Fsp3) is 0.478. The molecule has 6 nitrogen and oxygen atoms in total. The fourth-order valence-electron chi connectivity index (χ4n) is 4.12. The molecule has 1 saturated heterocycles. The molecule has 0 unspecified atom stereocenters. The van der Waals surface area contributed by atoms with Gasteiger partial charge < -0.3 is 9.26 Å². The van der Waals surface area contributed by atoms with Crippen molar-refractivity contribution in [1.29, 1.82) is 0 Å².